The molecule has 0 bridgehead atoms. The molecule has 1 heterocycles. The van der Waals surface area contributed by atoms with E-state index in [0.717, 1.165) is 31.2 Å². The Morgan fingerprint density at radius 3 is 2.62 bits per heavy atom. The van der Waals surface area contributed by atoms with Crippen LogP contribution < -0.4 is 4.90 Å². The summed E-state index contributed by atoms with van der Waals surface area (Å²) in [6.45, 7) is 1.07. The molecular formula is C21H22F2N2O. The van der Waals surface area contributed by atoms with E-state index in [-0.39, 0.29) is 36.7 Å². The van der Waals surface area contributed by atoms with Gasteiger partial charge in [0.2, 0.25) is 5.91 Å². The molecule has 1 fully saturated rings. The highest BCUT2D eigenvalue weighted by Crippen LogP contribution is 2.32. The van der Waals surface area contributed by atoms with Gasteiger partial charge in [-0.2, -0.15) is 0 Å². The summed E-state index contributed by atoms with van der Waals surface area (Å²) >= 11 is 0. The van der Waals surface area contributed by atoms with E-state index in [1.165, 1.54) is 12.1 Å². The second-order valence-corrected chi connectivity index (χ2v) is 7.12. The van der Waals surface area contributed by atoms with E-state index in [1.54, 1.807) is 29.2 Å². The van der Waals surface area contributed by atoms with Gasteiger partial charge < -0.3 is 9.80 Å². The molecule has 0 spiro atoms. The number of hydrogen-bond acceptors (Lipinski definition) is 2. The molecule has 0 atom stereocenters. The summed E-state index contributed by atoms with van der Waals surface area (Å²) in [5, 5.41) is 0. The Morgan fingerprint density at radius 2 is 1.85 bits per heavy atom. The fourth-order valence-corrected chi connectivity index (χ4v) is 3.72. The van der Waals surface area contributed by atoms with Gasteiger partial charge in [0.15, 0.2) is 0 Å². The van der Waals surface area contributed by atoms with Crippen molar-refractivity contribution in [2.24, 2.45) is 0 Å². The molecule has 5 heteroatoms. The summed E-state index contributed by atoms with van der Waals surface area (Å²) < 4.78 is 28.3. The van der Waals surface area contributed by atoms with E-state index >= 15 is 0 Å². The minimum absolute atomic E-state index is 0.0631. The third-order valence-corrected chi connectivity index (χ3v) is 5.19. The van der Waals surface area contributed by atoms with Crippen molar-refractivity contribution in [2.75, 3.05) is 18.0 Å². The highest BCUT2D eigenvalue weighted by molar-refractivity contribution is 5.82. The average Bonchev–Trinajstić information content (AvgIpc) is 3.46. The quantitative estimate of drug-likeness (QED) is 0.811. The zero-order valence-electron chi connectivity index (χ0n) is 14.6. The summed E-state index contributed by atoms with van der Waals surface area (Å²) in [6, 6.07) is 11.8. The largest absolute Gasteiger partial charge is 0.360 e. The van der Waals surface area contributed by atoms with Gasteiger partial charge in [0.1, 0.15) is 11.6 Å². The molecule has 0 radical (unpaired) electrons. The number of hydrogen-bond donors (Lipinski definition) is 0. The molecule has 136 valence electrons. The first-order valence-corrected chi connectivity index (χ1v) is 9.18. The van der Waals surface area contributed by atoms with Gasteiger partial charge in [0, 0.05) is 24.7 Å². The second kappa shape index (κ2) is 7.06. The Morgan fingerprint density at radius 1 is 1.08 bits per heavy atom. The van der Waals surface area contributed by atoms with Gasteiger partial charge in [0.25, 0.3) is 0 Å². The lowest BCUT2D eigenvalue weighted by molar-refractivity contribution is -0.131. The minimum atomic E-state index is -0.291. The number of nitrogens with zero attached hydrogens (tertiary/aromatic N) is 2. The van der Waals surface area contributed by atoms with E-state index in [9.17, 15) is 13.6 Å². The monoisotopic (exact) mass is 356 g/mol. The summed E-state index contributed by atoms with van der Waals surface area (Å²) in [5.41, 5.74) is 2.03. The smallest absolute Gasteiger partial charge is 0.242 e. The van der Waals surface area contributed by atoms with Gasteiger partial charge in [-0.1, -0.05) is 30.3 Å². The SMILES string of the molecule is O=C(CN1CCCc2cccc(F)c21)N(Cc1ccccc1F)C1CC1. The molecule has 26 heavy (non-hydrogen) atoms. The molecule has 4 rings (SSSR count). The number of carbonyl (C=O) groups excluding carboxylic acids is 1. The van der Waals surface area contributed by atoms with Crippen molar-refractivity contribution in [2.45, 2.75) is 38.3 Å². The van der Waals surface area contributed by atoms with Gasteiger partial charge in [-0.25, -0.2) is 8.78 Å². The molecule has 2 aliphatic rings. The van der Waals surface area contributed by atoms with Crippen molar-refractivity contribution in [3.05, 3.63) is 65.2 Å². The molecule has 0 unspecified atom stereocenters. The Kier molecular flexibility index (Phi) is 4.62. The highest BCUT2D eigenvalue weighted by atomic mass is 19.1. The third kappa shape index (κ3) is 3.43. The van der Waals surface area contributed by atoms with Crippen LogP contribution >= 0.6 is 0 Å². The predicted octanol–water partition coefficient (Wildman–Crippen LogP) is 3.91. The Balaban J connectivity index is 1.53. The van der Waals surface area contributed by atoms with E-state index in [2.05, 4.69) is 0 Å². The number of anilines is 1. The van der Waals surface area contributed by atoms with Crippen molar-refractivity contribution >= 4 is 11.6 Å². The molecule has 1 aliphatic carbocycles. The number of rotatable bonds is 5. The average molecular weight is 356 g/mol. The zero-order chi connectivity index (χ0) is 18.1. The fourth-order valence-electron chi connectivity index (χ4n) is 3.72. The molecule has 1 saturated carbocycles. The summed E-state index contributed by atoms with van der Waals surface area (Å²) in [6.07, 6.45) is 3.64. The molecule has 2 aromatic carbocycles. The van der Waals surface area contributed by atoms with Crippen LogP contribution in [0, 0.1) is 11.6 Å². The minimum Gasteiger partial charge on any atom is -0.360 e. The zero-order valence-corrected chi connectivity index (χ0v) is 14.6. The van der Waals surface area contributed by atoms with Crippen molar-refractivity contribution in [1.29, 1.82) is 0 Å². The molecular weight excluding hydrogens is 334 g/mol. The fraction of sp³-hybridized carbons (Fsp3) is 0.381. The van der Waals surface area contributed by atoms with Gasteiger partial charge >= 0.3 is 0 Å². The van der Waals surface area contributed by atoms with Gasteiger partial charge in [0.05, 0.1) is 12.2 Å². The van der Waals surface area contributed by atoms with E-state index in [1.807, 2.05) is 11.0 Å². The lowest BCUT2D eigenvalue weighted by Crippen LogP contribution is -2.43. The van der Waals surface area contributed by atoms with Crippen molar-refractivity contribution in [1.82, 2.24) is 4.90 Å². The lowest BCUT2D eigenvalue weighted by Gasteiger charge is -2.33. The predicted molar refractivity (Wildman–Crippen MR) is 96.9 cm³/mol. The highest BCUT2D eigenvalue weighted by Gasteiger charge is 2.34. The number of carbonyl (C=O) groups is 1. The summed E-state index contributed by atoms with van der Waals surface area (Å²) in [4.78, 5) is 16.6. The number of aryl methyl sites for hydroxylation is 1. The van der Waals surface area contributed by atoms with Crippen molar-refractivity contribution < 1.29 is 13.6 Å². The maximum atomic E-state index is 14.3. The summed E-state index contributed by atoms with van der Waals surface area (Å²) in [7, 11) is 0. The normalized spacial score (nSPS) is 16.3. The first-order chi connectivity index (χ1) is 12.6. The lowest BCUT2D eigenvalue weighted by atomic mass is 10.0. The maximum absolute atomic E-state index is 14.3. The van der Waals surface area contributed by atoms with Crippen LogP contribution in [0.15, 0.2) is 42.5 Å². The van der Waals surface area contributed by atoms with Crippen LogP contribution in [0.2, 0.25) is 0 Å². The molecule has 1 amide bonds. The summed E-state index contributed by atoms with van der Waals surface area (Å²) in [5.74, 6) is -0.630. The first kappa shape index (κ1) is 17.0. The van der Waals surface area contributed by atoms with Crippen LogP contribution in [0.1, 0.15) is 30.4 Å². The standard InChI is InChI=1S/C21H22F2N2O/c22-18-8-2-1-5-16(18)13-25(17-10-11-17)20(26)14-24-12-4-7-15-6-3-9-19(23)21(15)24/h1-3,5-6,8-9,17H,4,7,10-14H2. The molecule has 0 aromatic heterocycles. The topological polar surface area (TPSA) is 23.6 Å². The number of halogens is 2. The number of benzene rings is 2. The molecule has 2 aromatic rings. The van der Waals surface area contributed by atoms with Crippen molar-refractivity contribution in [3.8, 4) is 0 Å². The van der Waals surface area contributed by atoms with Crippen LogP contribution in [0.4, 0.5) is 14.5 Å². The maximum Gasteiger partial charge on any atom is 0.242 e. The van der Waals surface area contributed by atoms with Gasteiger partial charge in [-0.05, 0) is 43.4 Å². The van der Waals surface area contributed by atoms with E-state index in [4.69, 9.17) is 0 Å². The Labute approximate surface area is 152 Å². The van der Waals surface area contributed by atoms with Gasteiger partial charge in [-0.15, -0.1) is 0 Å². The number of para-hydroxylation sites is 1. The molecule has 0 saturated heterocycles. The van der Waals surface area contributed by atoms with Crippen LogP contribution in [0.3, 0.4) is 0 Å². The molecule has 1 aliphatic heterocycles. The van der Waals surface area contributed by atoms with Crippen LogP contribution in [-0.2, 0) is 17.8 Å². The molecule has 3 nitrogen and oxygen atoms in total. The van der Waals surface area contributed by atoms with Crippen LogP contribution in [0.25, 0.3) is 0 Å². The van der Waals surface area contributed by atoms with Crippen LogP contribution in [0.5, 0.6) is 0 Å². The second-order valence-electron chi connectivity index (χ2n) is 7.12. The third-order valence-electron chi connectivity index (χ3n) is 5.19. The Hall–Kier alpha value is -2.43. The Bertz CT molecular complexity index is 819. The first-order valence-electron chi connectivity index (χ1n) is 9.18. The number of fused-ring (bicyclic) bond motifs is 1. The van der Waals surface area contributed by atoms with Gasteiger partial charge in [-0.3, -0.25) is 4.79 Å². The van der Waals surface area contributed by atoms with E-state index in [0.29, 0.717) is 17.8 Å². The number of amides is 1. The molecule has 0 N–H and O–H groups in total. The van der Waals surface area contributed by atoms with Crippen molar-refractivity contribution in [3.63, 3.8) is 0 Å². The van der Waals surface area contributed by atoms with E-state index < -0.39 is 0 Å². The van der Waals surface area contributed by atoms with Crippen LogP contribution in [-0.4, -0.2) is 29.9 Å².